The van der Waals surface area contributed by atoms with Crippen molar-refractivity contribution in [2.24, 2.45) is 21.2 Å². The van der Waals surface area contributed by atoms with Crippen molar-refractivity contribution in [1.29, 1.82) is 0 Å². The Morgan fingerprint density at radius 2 is 1.37 bits per heavy atom. The van der Waals surface area contributed by atoms with E-state index in [-0.39, 0.29) is 32.6 Å². The number of thiol groups is 1. The Balaban J connectivity index is 1.38. The maximum atomic E-state index is 6.18. The van der Waals surface area contributed by atoms with Crippen LogP contribution in [-0.2, 0) is 29.2 Å². The van der Waals surface area contributed by atoms with Gasteiger partial charge in [0, 0.05) is 68.2 Å². The summed E-state index contributed by atoms with van der Waals surface area (Å²) in [6, 6.07) is 30.1. The number of pyridine rings is 1. The summed E-state index contributed by atoms with van der Waals surface area (Å²) in [5.41, 5.74) is 11.0. The Labute approximate surface area is 421 Å². The smallest absolute Gasteiger partial charge is 0.187 e. The lowest BCUT2D eigenvalue weighted by atomic mass is 9.51. The van der Waals surface area contributed by atoms with Gasteiger partial charge in [0.2, 0.25) is 0 Å². The van der Waals surface area contributed by atoms with Crippen molar-refractivity contribution in [1.82, 2.24) is 0 Å². The molecule has 1 unspecified atom stereocenters. The van der Waals surface area contributed by atoms with Gasteiger partial charge in [0.1, 0.15) is 0 Å². The standard InChI is InChI=1S/C64H80N2S2/c1-19-26-52-41(4)56-54-55(47-30-23-22-29-45(47)49(57(54)68-52)39-59(9,10)11)61(14,15)63(17,65-56)34-35-64(18,62(16,20-2)60(12,13)50-32-24-21-27-40(50)3)66-36-33-46-44-31-25-28-43(38-58(6,7)8)48(44)37-51(67)53(46)42(66)5/h19,21-33,36-37H,20,34-35,38-39H2,1-18H3/p+1/b26-19-/t62-,63+,64?/m0/s1. The molecule has 2 aliphatic heterocycles. The lowest BCUT2D eigenvalue weighted by molar-refractivity contribution is -0.784. The number of nitrogens with zero attached hydrogens (tertiary/aromatic N) is 2. The summed E-state index contributed by atoms with van der Waals surface area (Å²) >= 11 is 7.37. The largest absolute Gasteiger partial charge is 0.277 e. The second kappa shape index (κ2) is 17.3. The van der Waals surface area contributed by atoms with Crippen LogP contribution in [0, 0.1) is 30.1 Å². The average molecular weight is 942 g/mol. The number of hydrogen-bond donors (Lipinski definition) is 1. The number of hydrogen-bond acceptors (Lipinski definition) is 3. The summed E-state index contributed by atoms with van der Waals surface area (Å²) in [6.07, 6.45) is 11.8. The minimum Gasteiger partial charge on any atom is -0.277 e. The van der Waals surface area contributed by atoms with E-state index in [0.717, 1.165) is 37.0 Å². The fraction of sp³-hybridized carbons (Fsp3) is 0.469. The van der Waals surface area contributed by atoms with Gasteiger partial charge in [-0.2, -0.15) is 4.57 Å². The van der Waals surface area contributed by atoms with Crippen molar-refractivity contribution in [3.63, 3.8) is 0 Å². The molecule has 0 spiro atoms. The monoisotopic (exact) mass is 942 g/mol. The summed E-state index contributed by atoms with van der Waals surface area (Å²) < 4.78 is 2.70. The van der Waals surface area contributed by atoms with Crippen LogP contribution in [0.4, 0.5) is 0 Å². The zero-order valence-corrected chi connectivity index (χ0v) is 46.7. The van der Waals surface area contributed by atoms with Crippen LogP contribution in [0.3, 0.4) is 0 Å². The van der Waals surface area contributed by atoms with E-state index in [0.29, 0.717) is 0 Å². The molecule has 3 atom stereocenters. The van der Waals surface area contributed by atoms with E-state index in [4.69, 9.17) is 17.6 Å². The van der Waals surface area contributed by atoms with E-state index in [1.54, 1.807) is 0 Å². The van der Waals surface area contributed by atoms with Crippen LogP contribution in [0.5, 0.6) is 0 Å². The molecule has 358 valence electrons. The van der Waals surface area contributed by atoms with Gasteiger partial charge < -0.3 is 0 Å². The first kappa shape index (κ1) is 50.3. The fourth-order valence-corrected chi connectivity index (χ4v) is 14.7. The quantitative estimate of drug-likeness (QED) is 0.0778. The van der Waals surface area contributed by atoms with E-state index in [1.165, 1.54) is 92.5 Å². The number of aromatic nitrogens is 1. The molecule has 2 nitrogen and oxygen atoms in total. The van der Waals surface area contributed by atoms with E-state index in [2.05, 4.69) is 226 Å². The van der Waals surface area contributed by atoms with Crippen molar-refractivity contribution in [2.45, 2.75) is 188 Å². The third-order valence-corrected chi connectivity index (χ3v) is 19.3. The van der Waals surface area contributed by atoms with E-state index < -0.39 is 5.54 Å². The first-order chi connectivity index (χ1) is 31.7. The second-order valence-electron chi connectivity index (χ2n) is 24.9. The first-order valence-electron chi connectivity index (χ1n) is 25.5. The number of benzene rings is 5. The molecule has 5 aromatic carbocycles. The first-order valence-corrected chi connectivity index (χ1v) is 26.8. The van der Waals surface area contributed by atoms with Gasteiger partial charge in [-0.15, -0.1) is 12.6 Å². The van der Waals surface area contributed by atoms with Crippen LogP contribution in [0.15, 0.2) is 122 Å². The minimum absolute atomic E-state index is 0.123. The molecule has 0 fully saturated rings. The van der Waals surface area contributed by atoms with Crippen LogP contribution in [0.2, 0.25) is 0 Å². The molecule has 2 aliphatic rings. The number of thioether (sulfide) groups is 1. The lowest BCUT2D eigenvalue weighted by Gasteiger charge is -2.54. The molecule has 0 saturated heterocycles. The third-order valence-electron chi connectivity index (χ3n) is 17.7. The van der Waals surface area contributed by atoms with Gasteiger partial charge in [-0.1, -0.05) is 174 Å². The van der Waals surface area contributed by atoms with Crippen molar-refractivity contribution >= 4 is 62.4 Å². The Morgan fingerprint density at radius 3 is 2.00 bits per heavy atom. The van der Waals surface area contributed by atoms with Gasteiger partial charge in [-0.25, -0.2) is 0 Å². The highest BCUT2D eigenvalue weighted by molar-refractivity contribution is 8.03. The van der Waals surface area contributed by atoms with Gasteiger partial charge in [0.05, 0.1) is 16.6 Å². The molecule has 0 aliphatic carbocycles. The van der Waals surface area contributed by atoms with Crippen molar-refractivity contribution in [2.75, 3.05) is 0 Å². The molecule has 0 amide bonds. The van der Waals surface area contributed by atoms with Crippen molar-refractivity contribution in [3.8, 4) is 0 Å². The summed E-state index contributed by atoms with van der Waals surface area (Å²) in [4.78, 5) is 9.95. The Morgan fingerprint density at radius 1 is 0.735 bits per heavy atom. The SMILES string of the molecule is C/C=C\C1=C(C)C2=N[C@](C)(CCC(C)([n+]3ccc4c(c(S)cc5c(CC(C)(C)C)cccc54)c3C)[C@@](C)(CC)C(C)(C)c3ccccc3C)C(C)(C)c3c2c(c(CC(C)(C)C)c2ccccc32)S1. The molecule has 6 aromatic rings. The molecule has 8 rings (SSSR count). The summed E-state index contributed by atoms with van der Waals surface area (Å²) in [7, 11) is 0. The van der Waals surface area contributed by atoms with Crippen molar-refractivity contribution in [3.05, 3.63) is 147 Å². The fourth-order valence-electron chi connectivity index (χ4n) is 13.1. The summed E-state index contributed by atoms with van der Waals surface area (Å²) in [5, 5.41) is 7.93. The summed E-state index contributed by atoms with van der Waals surface area (Å²) in [5.74, 6) is 0. The molecule has 0 radical (unpaired) electrons. The molecular weight excluding hydrogens is 861 g/mol. The zero-order chi connectivity index (χ0) is 49.7. The molecule has 4 heteroatoms. The molecule has 3 heterocycles. The highest BCUT2D eigenvalue weighted by Gasteiger charge is 2.61. The third kappa shape index (κ3) is 7.95. The number of aliphatic imine (C=N–C) groups is 1. The van der Waals surface area contributed by atoms with Gasteiger partial charge in [0.15, 0.2) is 17.4 Å². The van der Waals surface area contributed by atoms with Crippen LogP contribution in [0.25, 0.3) is 32.3 Å². The maximum Gasteiger partial charge on any atom is 0.187 e. The highest BCUT2D eigenvalue weighted by atomic mass is 32.2. The molecule has 0 N–H and O–H groups in total. The lowest BCUT2D eigenvalue weighted by Crippen LogP contribution is -2.69. The predicted molar refractivity (Wildman–Crippen MR) is 301 cm³/mol. The van der Waals surface area contributed by atoms with Crippen LogP contribution >= 0.6 is 24.4 Å². The average Bonchev–Trinajstić information content (AvgIpc) is 3.25. The molecule has 0 saturated carbocycles. The van der Waals surface area contributed by atoms with Crippen LogP contribution in [-0.4, -0.2) is 11.3 Å². The van der Waals surface area contributed by atoms with Gasteiger partial charge >= 0.3 is 0 Å². The number of allylic oxidation sites excluding steroid dienone is 3. The van der Waals surface area contributed by atoms with Crippen LogP contribution in [0.1, 0.15) is 169 Å². The predicted octanol–water partition coefficient (Wildman–Crippen LogP) is 17.9. The van der Waals surface area contributed by atoms with E-state index in [1.807, 2.05) is 11.8 Å². The maximum absolute atomic E-state index is 6.18. The van der Waals surface area contributed by atoms with E-state index >= 15 is 0 Å². The van der Waals surface area contributed by atoms with Gasteiger partial charge in [0.25, 0.3) is 0 Å². The molecule has 0 bridgehead atoms. The Hall–Kier alpha value is -4.12. The zero-order valence-electron chi connectivity index (χ0n) is 45.0. The normalized spacial score (nSPS) is 19.4. The van der Waals surface area contributed by atoms with Gasteiger partial charge in [-0.3, -0.25) is 4.99 Å². The number of aryl methyl sites for hydroxylation is 2. The Kier molecular flexibility index (Phi) is 12.8. The highest BCUT2D eigenvalue weighted by Crippen LogP contribution is 2.59. The molecule has 68 heavy (non-hydrogen) atoms. The Bertz CT molecular complexity index is 3090. The van der Waals surface area contributed by atoms with Crippen molar-refractivity contribution < 1.29 is 4.57 Å². The van der Waals surface area contributed by atoms with E-state index in [9.17, 15) is 0 Å². The summed E-state index contributed by atoms with van der Waals surface area (Å²) in [6.45, 7) is 43.5. The number of fused-ring (bicyclic) bond motifs is 5. The van der Waals surface area contributed by atoms with Crippen LogP contribution < -0.4 is 4.57 Å². The second-order valence-corrected chi connectivity index (χ2v) is 26.4. The molecular formula is C64H81N2S2+. The minimum atomic E-state index is -0.437. The topological polar surface area (TPSA) is 16.2 Å². The number of rotatable bonds is 11. The molecule has 1 aromatic heterocycles. The van der Waals surface area contributed by atoms with Gasteiger partial charge in [-0.05, 0) is 125 Å².